The van der Waals surface area contributed by atoms with Crippen molar-refractivity contribution in [3.8, 4) is 0 Å². The highest BCUT2D eigenvalue weighted by atomic mass is 28.4. The lowest BCUT2D eigenvalue weighted by Gasteiger charge is -2.42. The van der Waals surface area contributed by atoms with E-state index in [0.29, 0.717) is 13.2 Å². The molecule has 0 saturated heterocycles. The van der Waals surface area contributed by atoms with Gasteiger partial charge in [-0.2, -0.15) is 0 Å². The summed E-state index contributed by atoms with van der Waals surface area (Å²) >= 11 is 0. The number of alkyl carbamates (subject to hydrolysis) is 1. The van der Waals surface area contributed by atoms with E-state index >= 15 is 0 Å². The van der Waals surface area contributed by atoms with Crippen LogP contribution in [-0.4, -0.2) is 50.5 Å². The van der Waals surface area contributed by atoms with E-state index in [2.05, 4.69) is 74.6 Å². The second-order valence-corrected chi connectivity index (χ2v) is 16.4. The Morgan fingerprint density at radius 3 is 1.83 bits per heavy atom. The Kier molecular flexibility index (Phi) is 11.5. The fourth-order valence-electron chi connectivity index (χ4n) is 4.89. The third-order valence-corrected chi connectivity index (χ3v) is 11.7. The van der Waals surface area contributed by atoms with Gasteiger partial charge >= 0.3 is 6.09 Å². The topological polar surface area (TPSA) is 77.0 Å². The van der Waals surface area contributed by atoms with Crippen LogP contribution in [0.3, 0.4) is 0 Å². The summed E-state index contributed by atoms with van der Waals surface area (Å²) in [7, 11) is -2.72. The smallest absolute Gasteiger partial charge is 0.408 e. The van der Waals surface area contributed by atoms with Gasteiger partial charge in [0.1, 0.15) is 11.7 Å². The van der Waals surface area contributed by atoms with Crippen molar-refractivity contribution in [2.45, 2.75) is 70.9 Å². The summed E-state index contributed by atoms with van der Waals surface area (Å²) in [6.45, 7) is 12.5. The predicted octanol–water partition coefficient (Wildman–Crippen LogP) is 5.59. The Hall–Kier alpha value is -3.23. The highest BCUT2D eigenvalue weighted by Gasteiger charge is 2.49. The molecule has 3 aromatic rings. The van der Waals surface area contributed by atoms with E-state index in [1.54, 1.807) is 0 Å². The van der Waals surface area contributed by atoms with Crippen LogP contribution in [0.5, 0.6) is 0 Å². The van der Waals surface area contributed by atoms with Crippen LogP contribution in [0.1, 0.15) is 47.1 Å². The number of ether oxygens (including phenoxy) is 2. The van der Waals surface area contributed by atoms with Crippen LogP contribution in [0.15, 0.2) is 103 Å². The van der Waals surface area contributed by atoms with Crippen molar-refractivity contribution in [1.29, 1.82) is 0 Å². The highest BCUT2D eigenvalue weighted by Crippen LogP contribution is 2.36. The van der Waals surface area contributed by atoms with Gasteiger partial charge < -0.3 is 24.3 Å². The van der Waals surface area contributed by atoms with Crippen LogP contribution in [0.2, 0.25) is 5.04 Å². The number of rotatable bonds is 12. The first-order chi connectivity index (χ1) is 19.5. The Labute approximate surface area is 246 Å². The molecule has 0 unspecified atom stereocenters. The molecule has 0 saturated carbocycles. The quantitative estimate of drug-likeness (QED) is 0.218. The van der Waals surface area contributed by atoms with Gasteiger partial charge in [0, 0.05) is 0 Å². The Morgan fingerprint density at radius 2 is 1.37 bits per heavy atom. The van der Waals surface area contributed by atoms with E-state index in [4.69, 9.17) is 13.9 Å². The molecule has 7 heteroatoms. The second-order valence-electron chi connectivity index (χ2n) is 12.1. The monoisotopic (exact) mass is 575 g/mol. The van der Waals surface area contributed by atoms with E-state index in [-0.39, 0.29) is 11.6 Å². The minimum atomic E-state index is -2.72. The molecule has 0 aliphatic heterocycles. The number of carbonyl (C=O) groups excluding carboxylic acids is 1. The molecule has 1 amide bonds. The summed E-state index contributed by atoms with van der Waals surface area (Å²) in [4.78, 5) is 12.7. The average molecular weight is 576 g/mol. The molecule has 220 valence electrons. The van der Waals surface area contributed by atoms with Gasteiger partial charge in [-0.3, -0.25) is 0 Å². The highest BCUT2D eigenvalue weighted by molar-refractivity contribution is 6.99. The fraction of sp³-hybridized carbons (Fsp3) is 0.382. The van der Waals surface area contributed by atoms with Gasteiger partial charge in [-0.05, 0) is 41.7 Å². The maximum absolute atomic E-state index is 12.7. The van der Waals surface area contributed by atoms with Gasteiger partial charge in [-0.1, -0.05) is 124 Å². The maximum Gasteiger partial charge on any atom is 0.408 e. The summed E-state index contributed by atoms with van der Waals surface area (Å²) in [6.07, 6.45) is 2.46. The van der Waals surface area contributed by atoms with Crippen LogP contribution in [0.25, 0.3) is 0 Å². The lowest BCUT2D eigenvalue weighted by molar-refractivity contribution is -0.0143. The van der Waals surface area contributed by atoms with Crippen LogP contribution in [0.4, 0.5) is 4.79 Å². The number of amides is 1. The molecule has 3 aromatic carbocycles. The molecular weight excluding hydrogens is 530 g/mol. The van der Waals surface area contributed by atoms with Gasteiger partial charge in [0.15, 0.2) is 0 Å². The van der Waals surface area contributed by atoms with E-state index in [9.17, 15) is 9.90 Å². The van der Waals surface area contributed by atoms with Crippen molar-refractivity contribution in [2.75, 3.05) is 13.2 Å². The Bertz CT molecular complexity index is 1180. The lowest BCUT2D eigenvalue weighted by atomic mass is 10.1. The molecule has 41 heavy (non-hydrogen) atoms. The number of hydrogen-bond acceptors (Lipinski definition) is 5. The summed E-state index contributed by atoms with van der Waals surface area (Å²) < 4.78 is 18.5. The van der Waals surface area contributed by atoms with Gasteiger partial charge in [0.2, 0.25) is 0 Å². The van der Waals surface area contributed by atoms with Gasteiger partial charge in [-0.25, -0.2) is 4.79 Å². The first kappa shape index (κ1) is 32.3. The van der Waals surface area contributed by atoms with E-state index in [0.717, 1.165) is 5.56 Å². The van der Waals surface area contributed by atoms with Gasteiger partial charge in [0.25, 0.3) is 8.32 Å². The molecule has 0 bridgehead atoms. The van der Waals surface area contributed by atoms with Crippen LogP contribution in [0, 0.1) is 0 Å². The normalized spacial score (nSPS) is 14.0. The predicted molar refractivity (Wildman–Crippen MR) is 168 cm³/mol. The number of nitrogens with one attached hydrogen (secondary N) is 1. The molecule has 0 aliphatic rings. The molecule has 0 fully saturated rings. The largest absolute Gasteiger partial charge is 0.444 e. The minimum Gasteiger partial charge on any atom is -0.444 e. The summed E-state index contributed by atoms with van der Waals surface area (Å²) in [5.74, 6) is 0. The van der Waals surface area contributed by atoms with Crippen molar-refractivity contribution in [3.05, 3.63) is 109 Å². The van der Waals surface area contributed by atoms with Crippen molar-refractivity contribution in [1.82, 2.24) is 5.32 Å². The van der Waals surface area contributed by atoms with Gasteiger partial charge in [0.05, 0.1) is 25.9 Å². The molecule has 0 aromatic heterocycles. The number of carbonyl (C=O) groups is 1. The van der Waals surface area contributed by atoms with Gasteiger partial charge in [-0.15, -0.1) is 0 Å². The molecule has 0 aliphatic carbocycles. The standard InChI is InChI=1S/C34H45NO5Si/c1-33(2,3)40-32(37)35-30(31(25-36)38-26-27-17-10-7-11-18-27)23-16-24-39-41(34(4,5)6,28-19-12-8-13-20-28)29-21-14-9-15-22-29/h7-23,30-31,36H,24-26H2,1-6H3,(H,35,37)/b23-16-/t30-,31-/m0/s1. The first-order valence-corrected chi connectivity index (χ1v) is 16.0. The fourth-order valence-corrected chi connectivity index (χ4v) is 9.39. The minimum absolute atomic E-state index is 0.163. The summed E-state index contributed by atoms with van der Waals surface area (Å²) in [5, 5.41) is 15.3. The van der Waals surface area contributed by atoms with Crippen molar-refractivity contribution >= 4 is 24.8 Å². The number of hydrogen-bond donors (Lipinski definition) is 2. The van der Waals surface area contributed by atoms with Crippen LogP contribution >= 0.6 is 0 Å². The number of aliphatic hydroxyl groups excluding tert-OH is 1. The zero-order valence-electron chi connectivity index (χ0n) is 25.2. The molecule has 0 heterocycles. The Balaban J connectivity index is 1.87. The van der Waals surface area contributed by atoms with Crippen LogP contribution < -0.4 is 15.7 Å². The first-order valence-electron chi connectivity index (χ1n) is 14.1. The third-order valence-electron chi connectivity index (χ3n) is 6.73. The van der Waals surface area contributed by atoms with E-state index < -0.39 is 32.2 Å². The zero-order valence-corrected chi connectivity index (χ0v) is 26.2. The summed E-state index contributed by atoms with van der Waals surface area (Å²) in [6, 6.07) is 30.0. The molecule has 2 N–H and O–H groups in total. The van der Waals surface area contributed by atoms with E-state index in [1.165, 1.54) is 10.4 Å². The summed E-state index contributed by atoms with van der Waals surface area (Å²) in [5.41, 5.74) is 0.311. The third kappa shape index (κ3) is 9.13. The number of aliphatic hydroxyl groups is 1. The van der Waals surface area contributed by atoms with Crippen molar-refractivity contribution < 1.29 is 23.8 Å². The van der Waals surface area contributed by atoms with Crippen molar-refractivity contribution in [3.63, 3.8) is 0 Å². The molecular formula is C34H45NO5Si. The SMILES string of the molecule is CC(C)(C)OC(=O)N[C@@H](/C=C\CO[Si](c1ccccc1)(c1ccccc1)C(C)(C)C)[C@H](CO)OCc1ccccc1. The average Bonchev–Trinajstić information content (AvgIpc) is 2.93. The van der Waals surface area contributed by atoms with Crippen molar-refractivity contribution in [2.24, 2.45) is 0 Å². The molecule has 2 atom stereocenters. The molecule has 3 rings (SSSR count). The lowest BCUT2D eigenvalue weighted by Crippen LogP contribution is -2.66. The second kappa shape index (κ2) is 14.6. The van der Waals surface area contributed by atoms with Crippen LogP contribution in [-0.2, 0) is 20.5 Å². The maximum atomic E-state index is 12.7. The molecule has 0 spiro atoms. The van der Waals surface area contributed by atoms with E-state index in [1.807, 2.05) is 75.4 Å². The Morgan fingerprint density at radius 1 is 0.854 bits per heavy atom. The number of benzene rings is 3. The zero-order chi connectivity index (χ0) is 29.9. The molecule has 6 nitrogen and oxygen atoms in total. The molecule has 0 radical (unpaired) electrons.